The number of fused-ring (bicyclic) bond motifs is 2. The number of urea groups is 1. The minimum atomic E-state index is -0.616. The molecule has 0 bridgehead atoms. The summed E-state index contributed by atoms with van der Waals surface area (Å²) in [4.78, 5) is 40.6. The van der Waals surface area contributed by atoms with Gasteiger partial charge in [0.2, 0.25) is 0 Å². The van der Waals surface area contributed by atoms with Crippen molar-refractivity contribution in [1.82, 2.24) is 24.7 Å². The fraction of sp³-hybridized carbons (Fsp3) is 0.531. The van der Waals surface area contributed by atoms with Crippen LogP contribution >= 0.6 is 0 Å². The molecule has 0 aliphatic carbocycles. The van der Waals surface area contributed by atoms with Crippen molar-refractivity contribution in [3.8, 4) is 11.1 Å². The van der Waals surface area contributed by atoms with E-state index in [1.54, 1.807) is 4.90 Å². The third-order valence-corrected chi connectivity index (χ3v) is 8.35. The number of aryl methyl sites for hydroxylation is 1. The third-order valence-electron chi connectivity index (χ3n) is 8.35. The van der Waals surface area contributed by atoms with E-state index in [0.29, 0.717) is 52.5 Å². The van der Waals surface area contributed by atoms with E-state index >= 15 is 0 Å². The van der Waals surface area contributed by atoms with E-state index in [1.807, 2.05) is 49.9 Å². The van der Waals surface area contributed by atoms with Gasteiger partial charge in [-0.1, -0.05) is 6.07 Å². The molecule has 10 nitrogen and oxygen atoms in total. The fourth-order valence-electron chi connectivity index (χ4n) is 6.21. The number of benzene rings is 1. The van der Waals surface area contributed by atoms with Gasteiger partial charge in [-0.05, 0) is 81.0 Å². The number of rotatable bonds is 2. The number of morpholine rings is 2. The van der Waals surface area contributed by atoms with Crippen LogP contribution in [0.3, 0.4) is 0 Å². The van der Waals surface area contributed by atoms with Gasteiger partial charge < -0.3 is 29.0 Å². The molecule has 1 N–H and O–H groups in total. The number of carbonyl (C=O) groups excluding carboxylic acids is 2. The molecule has 3 aliphatic rings. The van der Waals surface area contributed by atoms with Gasteiger partial charge in [0.05, 0.1) is 32.0 Å². The van der Waals surface area contributed by atoms with Crippen molar-refractivity contribution < 1.29 is 23.8 Å². The zero-order chi connectivity index (χ0) is 29.6. The maximum absolute atomic E-state index is 13.6. The second-order valence-electron chi connectivity index (χ2n) is 12.6. The van der Waals surface area contributed by atoms with E-state index < -0.39 is 5.60 Å². The fourth-order valence-corrected chi connectivity index (χ4v) is 6.21. The summed E-state index contributed by atoms with van der Waals surface area (Å²) in [6, 6.07) is 6.24. The Hall–Kier alpha value is -3.63. The Labute approximate surface area is 246 Å². The Bertz CT molecular complexity index is 1490. The molecule has 2 atom stereocenters. The first-order chi connectivity index (χ1) is 20.1. The second kappa shape index (κ2) is 11.2. The van der Waals surface area contributed by atoms with Crippen LogP contribution < -0.4 is 0 Å². The van der Waals surface area contributed by atoms with Crippen molar-refractivity contribution in [3.63, 3.8) is 0 Å². The average Bonchev–Trinajstić information content (AvgIpc) is 3.34. The molecule has 0 unspecified atom stereocenters. The molecule has 3 aromatic rings. The van der Waals surface area contributed by atoms with E-state index in [0.717, 1.165) is 45.3 Å². The quantitative estimate of drug-likeness (QED) is 0.459. The molecule has 3 aliphatic heterocycles. The van der Waals surface area contributed by atoms with Gasteiger partial charge in [-0.2, -0.15) is 0 Å². The Morgan fingerprint density at radius 2 is 1.90 bits per heavy atom. The highest BCUT2D eigenvalue weighted by molar-refractivity contribution is 5.85. The summed E-state index contributed by atoms with van der Waals surface area (Å²) in [6.07, 6.45) is 4.26. The van der Waals surface area contributed by atoms with Crippen molar-refractivity contribution >= 4 is 23.2 Å². The van der Waals surface area contributed by atoms with E-state index in [9.17, 15) is 9.59 Å². The number of pyridine rings is 1. The Morgan fingerprint density at radius 1 is 1.07 bits per heavy atom. The summed E-state index contributed by atoms with van der Waals surface area (Å²) >= 11 is 0. The number of amides is 3. The molecule has 5 heterocycles. The molecule has 42 heavy (non-hydrogen) atoms. The Balaban J connectivity index is 1.40. The van der Waals surface area contributed by atoms with Gasteiger partial charge in [0, 0.05) is 56.1 Å². The minimum Gasteiger partial charge on any atom is -0.444 e. The van der Waals surface area contributed by atoms with Gasteiger partial charge in [0.25, 0.3) is 0 Å². The molecular formula is C32H41N5O5. The molecule has 0 saturated carbocycles. The van der Waals surface area contributed by atoms with Crippen molar-refractivity contribution in [2.24, 2.45) is 0 Å². The lowest BCUT2D eigenvalue weighted by Gasteiger charge is -2.41. The Morgan fingerprint density at radius 3 is 2.69 bits per heavy atom. The number of nitrogens with zero attached hydrogens (tertiary/aromatic N) is 4. The lowest BCUT2D eigenvalue weighted by Crippen LogP contribution is -2.51. The summed E-state index contributed by atoms with van der Waals surface area (Å²) in [5.41, 5.74) is 6.68. The molecule has 1 aromatic carbocycles. The van der Waals surface area contributed by atoms with Crippen LogP contribution in [0.15, 0.2) is 30.6 Å². The topological polar surface area (TPSA) is 100 Å². The summed E-state index contributed by atoms with van der Waals surface area (Å²) in [5, 5.41) is 1.08. The average molecular weight is 576 g/mol. The summed E-state index contributed by atoms with van der Waals surface area (Å²) in [6.45, 7) is 13.8. The van der Waals surface area contributed by atoms with E-state index in [1.165, 1.54) is 5.56 Å². The molecule has 2 fully saturated rings. The van der Waals surface area contributed by atoms with Gasteiger partial charge in [-0.3, -0.25) is 4.90 Å². The van der Waals surface area contributed by atoms with Crippen LogP contribution in [0, 0.1) is 6.92 Å². The number of H-pyrrole nitrogens is 1. The highest BCUT2D eigenvalue weighted by Crippen LogP contribution is 2.37. The third kappa shape index (κ3) is 5.70. The molecule has 0 spiro atoms. The van der Waals surface area contributed by atoms with Crippen LogP contribution in [0.5, 0.6) is 0 Å². The highest BCUT2D eigenvalue weighted by atomic mass is 16.6. The van der Waals surface area contributed by atoms with Gasteiger partial charge >= 0.3 is 12.1 Å². The molecule has 0 radical (unpaired) electrons. The van der Waals surface area contributed by atoms with Crippen molar-refractivity contribution in [2.75, 3.05) is 46.0 Å². The number of aromatic amines is 1. The number of aromatic nitrogens is 2. The predicted octanol–water partition coefficient (Wildman–Crippen LogP) is 5.05. The zero-order valence-electron chi connectivity index (χ0n) is 25.2. The lowest BCUT2D eigenvalue weighted by atomic mass is 9.87. The molecular weight excluding hydrogens is 534 g/mol. The highest BCUT2D eigenvalue weighted by Gasteiger charge is 2.36. The number of carbonyl (C=O) groups is 2. The molecule has 2 aromatic heterocycles. The monoisotopic (exact) mass is 575 g/mol. The smallest absolute Gasteiger partial charge is 0.410 e. The SMILES string of the molecule is Cc1c[nH]c2ncc(-c3cc4c(c([C@@H]5COCCN5C(=O)OC(C)(C)C)c3)CN(C(=O)N3CCO[C@H](C)C3)CC4)cc12. The van der Waals surface area contributed by atoms with E-state index in [4.69, 9.17) is 14.2 Å². The van der Waals surface area contributed by atoms with Crippen molar-refractivity contribution in [3.05, 3.63) is 52.8 Å². The number of ether oxygens (including phenoxy) is 3. The first kappa shape index (κ1) is 28.5. The molecule has 224 valence electrons. The maximum Gasteiger partial charge on any atom is 0.410 e. The number of hydrogen-bond donors (Lipinski definition) is 1. The Kier molecular flexibility index (Phi) is 7.61. The van der Waals surface area contributed by atoms with Crippen LogP contribution in [0.1, 0.15) is 56.0 Å². The van der Waals surface area contributed by atoms with E-state index in [2.05, 4.69) is 35.1 Å². The van der Waals surface area contributed by atoms with Crippen LogP contribution in [0.25, 0.3) is 22.2 Å². The van der Waals surface area contributed by atoms with Crippen LogP contribution in [-0.2, 0) is 27.2 Å². The maximum atomic E-state index is 13.6. The van der Waals surface area contributed by atoms with E-state index in [-0.39, 0.29) is 24.3 Å². The molecule has 6 rings (SSSR count). The predicted molar refractivity (Wildman–Crippen MR) is 159 cm³/mol. The first-order valence-electron chi connectivity index (χ1n) is 14.9. The van der Waals surface area contributed by atoms with Crippen molar-refractivity contribution in [1.29, 1.82) is 0 Å². The first-order valence-corrected chi connectivity index (χ1v) is 14.9. The summed E-state index contributed by atoms with van der Waals surface area (Å²) in [5.74, 6) is 0. The van der Waals surface area contributed by atoms with Gasteiger partial charge in [-0.15, -0.1) is 0 Å². The van der Waals surface area contributed by atoms with Gasteiger partial charge in [0.1, 0.15) is 11.2 Å². The zero-order valence-corrected chi connectivity index (χ0v) is 25.2. The minimum absolute atomic E-state index is 0.0225. The van der Waals surface area contributed by atoms with Crippen LogP contribution in [0.4, 0.5) is 9.59 Å². The van der Waals surface area contributed by atoms with Gasteiger partial charge in [-0.25, -0.2) is 14.6 Å². The second-order valence-corrected chi connectivity index (χ2v) is 12.6. The molecule has 2 saturated heterocycles. The standard InChI is InChI=1S/C32H41N5O5/c1-20-15-33-29-25(20)14-24(16-34-29)23-12-22-6-7-35(30(38)36-8-11-41-21(2)17-36)18-27(22)26(13-23)28-19-40-10-9-37(28)31(39)42-32(3,4)5/h12-16,21,28H,6-11,17-19H2,1-5H3,(H,33,34)/t21-,28+/m1/s1. The largest absolute Gasteiger partial charge is 0.444 e. The summed E-state index contributed by atoms with van der Waals surface area (Å²) in [7, 11) is 0. The normalized spacial score (nSPS) is 21.4. The number of nitrogens with one attached hydrogen (secondary N) is 1. The van der Waals surface area contributed by atoms with Crippen molar-refractivity contribution in [2.45, 2.75) is 65.3 Å². The lowest BCUT2D eigenvalue weighted by molar-refractivity contribution is -0.0335. The number of hydrogen-bond acceptors (Lipinski definition) is 6. The molecule has 3 amide bonds. The summed E-state index contributed by atoms with van der Waals surface area (Å²) < 4.78 is 17.5. The van der Waals surface area contributed by atoms with Gasteiger partial charge in [0.15, 0.2) is 0 Å². The van der Waals surface area contributed by atoms with Crippen LogP contribution in [-0.4, -0.2) is 94.5 Å². The van der Waals surface area contributed by atoms with Crippen LogP contribution in [0.2, 0.25) is 0 Å². The molecule has 10 heteroatoms.